The molecule has 2 aromatic rings. The van der Waals surface area contributed by atoms with Crippen LogP contribution in [0.15, 0.2) is 22.9 Å². The Morgan fingerprint density at radius 3 is 2.65 bits per heavy atom. The van der Waals surface area contributed by atoms with Crippen LogP contribution in [-0.2, 0) is 22.0 Å². The molecule has 2 aromatic heterocycles. The SMILES string of the molecule is CC(C)(C)c1cnc([S@@](=O)Cc2nccn2C(F)F)s1. The van der Waals surface area contributed by atoms with Gasteiger partial charge in [-0.25, -0.2) is 9.97 Å². The van der Waals surface area contributed by atoms with E-state index in [2.05, 4.69) is 9.97 Å². The molecular formula is C12H15F2N3OS2. The average Bonchev–Trinajstić information content (AvgIpc) is 2.95. The summed E-state index contributed by atoms with van der Waals surface area (Å²) in [4.78, 5) is 8.97. The van der Waals surface area contributed by atoms with Gasteiger partial charge in [-0.1, -0.05) is 20.8 Å². The largest absolute Gasteiger partial charge is 0.319 e. The summed E-state index contributed by atoms with van der Waals surface area (Å²) in [6.45, 7) is 3.44. The molecule has 0 fully saturated rings. The van der Waals surface area contributed by atoms with Crippen molar-refractivity contribution in [1.29, 1.82) is 0 Å². The monoisotopic (exact) mass is 319 g/mol. The second-order valence-corrected chi connectivity index (χ2v) is 7.91. The predicted octanol–water partition coefficient (Wildman–Crippen LogP) is 3.34. The van der Waals surface area contributed by atoms with Crippen LogP contribution in [0.1, 0.15) is 38.0 Å². The van der Waals surface area contributed by atoms with Gasteiger partial charge >= 0.3 is 6.55 Å². The molecule has 0 saturated carbocycles. The topological polar surface area (TPSA) is 47.8 Å². The highest BCUT2D eigenvalue weighted by Crippen LogP contribution is 2.29. The van der Waals surface area contributed by atoms with Crippen molar-refractivity contribution in [2.75, 3.05) is 0 Å². The number of hydrogen-bond donors (Lipinski definition) is 0. The Morgan fingerprint density at radius 2 is 2.10 bits per heavy atom. The predicted molar refractivity (Wildman–Crippen MR) is 74.4 cm³/mol. The number of thiazole rings is 1. The maximum absolute atomic E-state index is 12.7. The van der Waals surface area contributed by atoms with E-state index in [0.717, 1.165) is 9.44 Å². The van der Waals surface area contributed by atoms with E-state index in [1.807, 2.05) is 20.8 Å². The third-order valence-corrected chi connectivity index (χ3v) is 5.68. The minimum absolute atomic E-state index is 0.0611. The van der Waals surface area contributed by atoms with Crippen molar-refractivity contribution in [1.82, 2.24) is 14.5 Å². The third kappa shape index (κ3) is 3.29. The van der Waals surface area contributed by atoms with Gasteiger partial charge in [0.25, 0.3) is 0 Å². The Balaban J connectivity index is 2.16. The zero-order chi connectivity index (χ0) is 14.9. The lowest BCUT2D eigenvalue weighted by Gasteiger charge is -2.14. The van der Waals surface area contributed by atoms with Crippen molar-refractivity contribution >= 4 is 22.1 Å². The Bertz CT molecular complexity index is 616. The van der Waals surface area contributed by atoms with Crippen molar-refractivity contribution in [3.8, 4) is 0 Å². The van der Waals surface area contributed by atoms with Gasteiger partial charge in [0.1, 0.15) is 5.82 Å². The Kier molecular flexibility index (Phi) is 4.33. The molecule has 0 saturated heterocycles. The van der Waals surface area contributed by atoms with Gasteiger partial charge in [-0.05, 0) is 5.41 Å². The number of imidazole rings is 1. The van der Waals surface area contributed by atoms with Crippen LogP contribution in [0.25, 0.3) is 0 Å². The van der Waals surface area contributed by atoms with Gasteiger partial charge < -0.3 is 0 Å². The summed E-state index contributed by atoms with van der Waals surface area (Å²) in [6, 6.07) is 0. The highest BCUT2D eigenvalue weighted by Gasteiger charge is 2.21. The fourth-order valence-electron chi connectivity index (χ4n) is 1.52. The molecule has 2 heterocycles. The fourth-order valence-corrected chi connectivity index (χ4v) is 3.80. The van der Waals surface area contributed by atoms with E-state index in [0.29, 0.717) is 4.34 Å². The van der Waals surface area contributed by atoms with E-state index >= 15 is 0 Å². The molecule has 1 atom stereocenters. The van der Waals surface area contributed by atoms with Crippen LogP contribution >= 0.6 is 11.3 Å². The molecule has 0 aliphatic carbocycles. The molecule has 0 aromatic carbocycles. The van der Waals surface area contributed by atoms with E-state index in [1.54, 1.807) is 6.20 Å². The molecule has 8 heteroatoms. The maximum atomic E-state index is 12.7. The van der Waals surface area contributed by atoms with Crippen LogP contribution in [0, 0.1) is 0 Å². The highest BCUT2D eigenvalue weighted by atomic mass is 32.2. The van der Waals surface area contributed by atoms with E-state index in [1.165, 1.54) is 23.7 Å². The Hall–Kier alpha value is -1.15. The molecule has 110 valence electrons. The molecule has 0 bridgehead atoms. The molecule has 0 radical (unpaired) electrons. The number of alkyl halides is 2. The summed E-state index contributed by atoms with van der Waals surface area (Å²) < 4.78 is 38.7. The van der Waals surface area contributed by atoms with Crippen LogP contribution in [-0.4, -0.2) is 18.7 Å². The van der Waals surface area contributed by atoms with Gasteiger partial charge in [0.15, 0.2) is 4.34 Å². The third-order valence-electron chi connectivity index (χ3n) is 2.64. The Labute approximate surface area is 122 Å². The number of rotatable bonds is 4. The standard InChI is InChI=1S/C12H15F2N3OS2/c1-12(2,3)8-6-16-11(19-8)20(18)7-9-15-4-5-17(9)10(13)14/h4-6,10H,7H2,1-3H3/t20-/m0/s1. The van der Waals surface area contributed by atoms with Crippen molar-refractivity contribution in [3.63, 3.8) is 0 Å². The van der Waals surface area contributed by atoms with E-state index < -0.39 is 17.3 Å². The first-order valence-corrected chi connectivity index (χ1v) is 8.07. The van der Waals surface area contributed by atoms with Crippen molar-refractivity contribution in [2.45, 2.75) is 42.8 Å². The molecule has 2 rings (SSSR count). The molecule has 4 nitrogen and oxygen atoms in total. The molecule has 0 N–H and O–H groups in total. The molecule has 0 spiro atoms. The average molecular weight is 319 g/mol. The minimum Gasteiger partial charge on any atom is -0.277 e. The molecule has 0 aliphatic rings. The van der Waals surface area contributed by atoms with Gasteiger partial charge in [-0.15, -0.1) is 11.3 Å². The number of nitrogens with zero attached hydrogens (tertiary/aromatic N) is 3. The molecular weight excluding hydrogens is 304 g/mol. The van der Waals surface area contributed by atoms with E-state index in [4.69, 9.17) is 0 Å². The number of halogens is 2. The van der Waals surface area contributed by atoms with Gasteiger partial charge in [0, 0.05) is 23.5 Å². The summed E-state index contributed by atoms with van der Waals surface area (Å²) in [5, 5.41) is 0. The normalized spacial score (nSPS) is 13.9. The molecule has 20 heavy (non-hydrogen) atoms. The zero-order valence-electron chi connectivity index (χ0n) is 11.3. The van der Waals surface area contributed by atoms with Gasteiger partial charge in [-0.2, -0.15) is 8.78 Å². The van der Waals surface area contributed by atoms with Crippen molar-refractivity contribution < 1.29 is 13.0 Å². The highest BCUT2D eigenvalue weighted by molar-refractivity contribution is 7.86. The minimum atomic E-state index is -2.68. The van der Waals surface area contributed by atoms with E-state index in [-0.39, 0.29) is 17.0 Å². The first kappa shape index (κ1) is 15.2. The molecule has 0 unspecified atom stereocenters. The van der Waals surface area contributed by atoms with Gasteiger partial charge in [0.05, 0.1) is 16.6 Å². The van der Waals surface area contributed by atoms with Crippen LogP contribution in [0.2, 0.25) is 0 Å². The fraction of sp³-hybridized carbons (Fsp3) is 0.500. The second kappa shape index (κ2) is 5.69. The van der Waals surface area contributed by atoms with E-state index in [9.17, 15) is 13.0 Å². The summed E-state index contributed by atoms with van der Waals surface area (Å²) in [5.41, 5.74) is -0.0679. The number of hydrogen-bond acceptors (Lipinski definition) is 4. The van der Waals surface area contributed by atoms with Gasteiger partial charge in [0.2, 0.25) is 0 Å². The zero-order valence-corrected chi connectivity index (χ0v) is 13.0. The summed E-state index contributed by atoms with van der Waals surface area (Å²) in [5.74, 6) is 0.0416. The summed E-state index contributed by atoms with van der Waals surface area (Å²) in [7, 11) is -1.46. The van der Waals surface area contributed by atoms with Crippen molar-refractivity contribution in [2.24, 2.45) is 0 Å². The quantitative estimate of drug-likeness (QED) is 0.868. The lowest BCUT2D eigenvalue weighted by atomic mass is 9.96. The van der Waals surface area contributed by atoms with Crippen molar-refractivity contribution in [3.05, 3.63) is 29.3 Å². The first-order valence-electron chi connectivity index (χ1n) is 5.93. The smallest absolute Gasteiger partial charge is 0.277 e. The molecule has 0 amide bonds. The van der Waals surface area contributed by atoms with Crippen LogP contribution in [0.4, 0.5) is 8.78 Å². The molecule has 0 aliphatic heterocycles. The van der Waals surface area contributed by atoms with Crippen LogP contribution < -0.4 is 0 Å². The maximum Gasteiger partial charge on any atom is 0.319 e. The second-order valence-electron chi connectivity index (χ2n) is 5.26. The lowest BCUT2D eigenvalue weighted by Crippen LogP contribution is -2.08. The number of aromatic nitrogens is 3. The summed E-state index contributed by atoms with van der Waals surface area (Å²) >= 11 is 1.35. The van der Waals surface area contributed by atoms with Gasteiger partial charge in [-0.3, -0.25) is 8.78 Å². The summed E-state index contributed by atoms with van der Waals surface area (Å²) in [6.07, 6.45) is 4.15. The lowest BCUT2D eigenvalue weighted by molar-refractivity contribution is 0.0677. The van der Waals surface area contributed by atoms with Crippen LogP contribution in [0.3, 0.4) is 0 Å². The van der Waals surface area contributed by atoms with Crippen LogP contribution in [0.5, 0.6) is 0 Å². The first-order chi connectivity index (χ1) is 9.29. The Morgan fingerprint density at radius 1 is 1.40 bits per heavy atom.